The van der Waals surface area contributed by atoms with Gasteiger partial charge in [-0.15, -0.1) is 12.4 Å². The van der Waals surface area contributed by atoms with Gasteiger partial charge in [-0.2, -0.15) is 0 Å². The van der Waals surface area contributed by atoms with Crippen molar-refractivity contribution in [3.63, 3.8) is 0 Å². The number of hydrogen-bond acceptors (Lipinski definition) is 3. The van der Waals surface area contributed by atoms with Crippen LogP contribution in [0.3, 0.4) is 0 Å². The lowest BCUT2D eigenvalue weighted by atomic mass is 9.93. The van der Waals surface area contributed by atoms with Crippen LogP contribution < -0.4 is 15.8 Å². The van der Waals surface area contributed by atoms with Gasteiger partial charge < -0.3 is 15.8 Å². The number of carbonyl (C=O) groups is 1. The number of fused-ring (bicyclic) bond motifs is 1. The highest BCUT2D eigenvalue weighted by Gasteiger charge is 2.22. The molecule has 0 saturated carbocycles. The van der Waals surface area contributed by atoms with Crippen LogP contribution in [-0.4, -0.2) is 25.6 Å². The van der Waals surface area contributed by atoms with Crippen LogP contribution in [-0.2, 0) is 4.79 Å². The van der Waals surface area contributed by atoms with Gasteiger partial charge in [0.1, 0.15) is 5.75 Å². The predicted octanol–water partition coefficient (Wildman–Crippen LogP) is 1.69. The highest BCUT2D eigenvalue weighted by molar-refractivity contribution is 5.85. The Morgan fingerprint density at radius 2 is 2.26 bits per heavy atom. The summed E-state index contributed by atoms with van der Waals surface area (Å²) in [6, 6.07) is 8.02. The Bertz CT molecular complexity index is 426. The van der Waals surface area contributed by atoms with E-state index in [1.165, 1.54) is 5.56 Å². The molecule has 1 aromatic rings. The second-order valence-corrected chi connectivity index (χ2v) is 4.75. The van der Waals surface area contributed by atoms with E-state index in [0.29, 0.717) is 25.6 Å². The molecule has 1 heterocycles. The second kappa shape index (κ2) is 7.36. The van der Waals surface area contributed by atoms with E-state index in [1.807, 2.05) is 25.1 Å². The number of nitrogens with two attached hydrogens (primary N) is 1. The van der Waals surface area contributed by atoms with Crippen LogP contribution in [0.4, 0.5) is 0 Å². The number of hydrogen-bond donors (Lipinski definition) is 2. The van der Waals surface area contributed by atoms with Crippen LogP contribution in [0.2, 0.25) is 0 Å². The van der Waals surface area contributed by atoms with Crippen LogP contribution in [0.1, 0.15) is 24.8 Å². The molecule has 1 aliphatic rings. The number of nitrogens with one attached hydrogen (secondary N) is 1. The first-order valence-electron chi connectivity index (χ1n) is 6.42. The van der Waals surface area contributed by atoms with Crippen LogP contribution in [0.15, 0.2) is 24.3 Å². The van der Waals surface area contributed by atoms with Gasteiger partial charge in [0.15, 0.2) is 0 Å². The van der Waals surface area contributed by atoms with E-state index in [9.17, 15) is 4.79 Å². The van der Waals surface area contributed by atoms with Gasteiger partial charge in [-0.25, -0.2) is 0 Å². The van der Waals surface area contributed by atoms with E-state index < -0.39 is 0 Å². The van der Waals surface area contributed by atoms with Crippen molar-refractivity contribution < 1.29 is 9.53 Å². The van der Waals surface area contributed by atoms with Crippen molar-refractivity contribution >= 4 is 18.3 Å². The van der Waals surface area contributed by atoms with Crippen LogP contribution in [0.25, 0.3) is 0 Å². The first-order valence-corrected chi connectivity index (χ1v) is 6.42. The van der Waals surface area contributed by atoms with Crippen molar-refractivity contribution in [2.75, 3.05) is 19.7 Å². The molecule has 0 bridgehead atoms. The van der Waals surface area contributed by atoms with Crippen LogP contribution in [0, 0.1) is 5.92 Å². The minimum Gasteiger partial charge on any atom is -0.493 e. The Hall–Kier alpha value is -1.26. The van der Waals surface area contributed by atoms with Gasteiger partial charge in [0.25, 0.3) is 0 Å². The van der Waals surface area contributed by atoms with E-state index in [1.54, 1.807) is 0 Å². The second-order valence-electron chi connectivity index (χ2n) is 4.75. The Morgan fingerprint density at radius 1 is 1.53 bits per heavy atom. The zero-order chi connectivity index (χ0) is 13.0. The molecule has 5 heteroatoms. The van der Waals surface area contributed by atoms with E-state index in [2.05, 4.69) is 11.4 Å². The average Bonchev–Trinajstić information content (AvgIpc) is 2.43. The molecule has 0 spiro atoms. The summed E-state index contributed by atoms with van der Waals surface area (Å²) in [7, 11) is 0. The molecule has 3 N–H and O–H groups in total. The van der Waals surface area contributed by atoms with Crippen molar-refractivity contribution in [1.82, 2.24) is 5.32 Å². The molecule has 1 aliphatic heterocycles. The van der Waals surface area contributed by atoms with E-state index in [4.69, 9.17) is 10.5 Å². The molecule has 1 amide bonds. The molecular weight excluding hydrogens is 264 g/mol. The van der Waals surface area contributed by atoms with E-state index in [-0.39, 0.29) is 24.2 Å². The number of benzene rings is 1. The summed E-state index contributed by atoms with van der Waals surface area (Å²) in [5.74, 6) is 1.18. The number of rotatable bonds is 4. The summed E-state index contributed by atoms with van der Waals surface area (Å²) in [5, 5.41) is 2.97. The SMILES string of the molecule is CC(CN)C(=O)NCC1CCOc2ccccc21.Cl. The number of amides is 1. The molecule has 0 saturated heterocycles. The molecule has 0 aliphatic carbocycles. The van der Waals surface area contributed by atoms with Crippen LogP contribution >= 0.6 is 12.4 Å². The first kappa shape index (κ1) is 15.8. The third-order valence-corrected chi connectivity index (χ3v) is 3.41. The number of ether oxygens (including phenoxy) is 1. The summed E-state index contributed by atoms with van der Waals surface area (Å²) >= 11 is 0. The summed E-state index contributed by atoms with van der Waals surface area (Å²) in [4.78, 5) is 11.7. The molecule has 1 aromatic carbocycles. The standard InChI is InChI=1S/C14H20N2O2.ClH/c1-10(8-15)14(17)16-9-11-6-7-18-13-5-3-2-4-12(11)13;/h2-5,10-11H,6-9,15H2,1H3,(H,16,17);1H. The zero-order valence-corrected chi connectivity index (χ0v) is 11.9. The first-order chi connectivity index (χ1) is 8.72. The highest BCUT2D eigenvalue weighted by atomic mass is 35.5. The third-order valence-electron chi connectivity index (χ3n) is 3.41. The summed E-state index contributed by atoms with van der Waals surface area (Å²) in [5.41, 5.74) is 6.66. The van der Waals surface area contributed by atoms with Gasteiger partial charge in [-0.05, 0) is 18.1 Å². The predicted molar refractivity (Wildman–Crippen MR) is 77.8 cm³/mol. The lowest BCUT2D eigenvalue weighted by Gasteiger charge is -2.26. The third kappa shape index (κ3) is 3.85. The summed E-state index contributed by atoms with van der Waals surface area (Å²) in [6.07, 6.45) is 0.939. The molecule has 2 atom stereocenters. The van der Waals surface area contributed by atoms with Gasteiger partial charge in [-0.3, -0.25) is 4.79 Å². The van der Waals surface area contributed by atoms with Gasteiger partial charge >= 0.3 is 0 Å². The zero-order valence-electron chi connectivity index (χ0n) is 11.1. The van der Waals surface area contributed by atoms with Crippen LogP contribution in [0.5, 0.6) is 5.75 Å². The molecule has 0 fully saturated rings. The van der Waals surface area contributed by atoms with Crippen molar-refractivity contribution in [3.8, 4) is 5.75 Å². The average molecular weight is 285 g/mol. The molecule has 4 nitrogen and oxygen atoms in total. The van der Waals surface area contributed by atoms with E-state index >= 15 is 0 Å². The summed E-state index contributed by atoms with van der Waals surface area (Å²) in [6.45, 7) is 3.59. The maximum Gasteiger partial charge on any atom is 0.224 e. The minimum absolute atomic E-state index is 0. The lowest BCUT2D eigenvalue weighted by Crippen LogP contribution is -2.36. The van der Waals surface area contributed by atoms with Crippen molar-refractivity contribution in [3.05, 3.63) is 29.8 Å². The Labute approximate surface area is 120 Å². The maximum atomic E-state index is 11.7. The molecule has 106 valence electrons. The van der Waals surface area contributed by atoms with Crippen molar-refractivity contribution in [2.45, 2.75) is 19.3 Å². The maximum absolute atomic E-state index is 11.7. The summed E-state index contributed by atoms with van der Waals surface area (Å²) < 4.78 is 5.60. The van der Waals surface area contributed by atoms with Gasteiger partial charge in [0.05, 0.1) is 6.61 Å². The fourth-order valence-electron chi connectivity index (χ4n) is 2.13. The van der Waals surface area contributed by atoms with Crippen molar-refractivity contribution in [1.29, 1.82) is 0 Å². The van der Waals surface area contributed by atoms with Gasteiger partial charge in [0, 0.05) is 24.9 Å². The fourth-order valence-corrected chi connectivity index (χ4v) is 2.13. The van der Waals surface area contributed by atoms with E-state index in [0.717, 1.165) is 12.2 Å². The molecule has 0 radical (unpaired) electrons. The van der Waals surface area contributed by atoms with Gasteiger partial charge in [-0.1, -0.05) is 25.1 Å². The van der Waals surface area contributed by atoms with Gasteiger partial charge in [0.2, 0.25) is 5.91 Å². The number of halogens is 1. The minimum atomic E-state index is -0.125. The lowest BCUT2D eigenvalue weighted by molar-refractivity contribution is -0.124. The topological polar surface area (TPSA) is 64.4 Å². The quantitative estimate of drug-likeness (QED) is 0.884. The largest absolute Gasteiger partial charge is 0.493 e. The Morgan fingerprint density at radius 3 is 3.00 bits per heavy atom. The fraction of sp³-hybridized carbons (Fsp3) is 0.500. The Kier molecular flexibility index (Phi) is 6.12. The number of carbonyl (C=O) groups excluding carboxylic acids is 1. The Balaban J connectivity index is 0.00000180. The highest BCUT2D eigenvalue weighted by Crippen LogP contribution is 2.32. The molecule has 19 heavy (non-hydrogen) atoms. The number of para-hydroxylation sites is 1. The normalized spacial score (nSPS) is 18.5. The molecule has 2 unspecified atom stereocenters. The smallest absolute Gasteiger partial charge is 0.224 e. The van der Waals surface area contributed by atoms with Crippen molar-refractivity contribution in [2.24, 2.45) is 11.7 Å². The monoisotopic (exact) mass is 284 g/mol. The molecule has 2 rings (SSSR count). The molecule has 0 aromatic heterocycles. The molecular formula is C14H21ClN2O2.